The van der Waals surface area contributed by atoms with Crippen molar-refractivity contribution in [3.63, 3.8) is 0 Å². The quantitative estimate of drug-likeness (QED) is 0.383. The van der Waals surface area contributed by atoms with Gasteiger partial charge in [-0.05, 0) is 12.8 Å². The van der Waals surface area contributed by atoms with E-state index in [0.29, 0.717) is 12.8 Å². The molecule has 0 amide bonds. The minimum atomic E-state index is -0.908. The van der Waals surface area contributed by atoms with Crippen LogP contribution in [0.25, 0.3) is 0 Å². The lowest BCUT2D eigenvalue weighted by Crippen LogP contribution is -2.30. The lowest BCUT2D eigenvalue weighted by Gasteiger charge is -2.07. The zero-order chi connectivity index (χ0) is 6.91. The van der Waals surface area contributed by atoms with E-state index in [9.17, 15) is 4.79 Å². The van der Waals surface area contributed by atoms with Crippen molar-refractivity contribution in [2.75, 3.05) is 0 Å². The highest BCUT2D eigenvalue weighted by molar-refractivity contribution is 6.07. The SMILES string of the molecule is [B]OC(=O)C1(ON)CC1. The van der Waals surface area contributed by atoms with Crippen molar-refractivity contribution in [1.29, 1.82) is 0 Å². The van der Waals surface area contributed by atoms with Gasteiger partial charge in [-0.2, -0.15) is 0 Å². The summed E-state index contributed by atoms with van der Waals surface area (Å²) in [4.78, 5) is 14.9. The first-order valence-corrected chi connectivity index (χ1v) is 2.54. The van der Waals surface area contributed by atoms with Gasteiger partial charge in [0.25, 0.3) is 0 Å². The molecule has 0 aromatic heterocycles. The predicted molar refractivity (Wildman–Crippen MR) is 29.1 cm³/mol. The van der Waals surface area contributed by atoms with Crippen LogP contribution in [0, 0.1) is 0 Å². The van der Waals surface area contributed by atoms with E-state index < -0.39 is 11.6 Å². The van der Waals surface area contributed by atoms with Gasteiger partial charge < -0.3 is 4.65 Å². The molecule has 0 atom stereocenters. The van der Waals surface area contributed by atoms with Crippen molar-refractivity contribution in [2.45, 2.75) is 18.4 Å². The predicted octanol–water partition coefficient (Wildman–Crippen LogP) is -0.964. The van der Waals surface area contributed by atoms with Gasteiger partial charge in [-0.15, -0.1) is 0 Å². The molecule has 0 saturated heterocycles. The van der Waals surface area contributed by atoms with E-state index in [2.05, 4.69) is 17.5 Å². The van der Waals surface area contributed by atoms with Gasteiger partial charge >= 0.3 is 14.0 Å². The summed E-state index contributed by atoms with van der Waals surface area (Å²) in [7, 11) is 4.59. The molecule has 0 aliphatic heterocycles. The van der Waals surface area contributed by atoms with Crippen LogP contribution in [0.2, 0.25) is 0 Å². The van der Waals surface area contributed by atoms with Crippen LogP contribution in [-0.2, 0) is 14.3 Å². The van der Waals surface area contributed by atoms with Crippen molar-refractivity contribution in [2.24, 2.45) is 5.90 Å². The number of carbonyl (C=O) groups is 1. The van der Waals surface area contributed by atoms with E-state index in [1.807, 2.05) is 0 Å². The van der Waals surface area contributed by atoms with E-state index in [0.717, 1.165) is 0 Å². The van der Waals surface area contributed by atoms with Gasteiger partial charge in [0, 0.05) is 0 Å². The number of nitrogens with two attached hydrogens (primary N) is 1. The summed E-state index contributed by atoms with van der Waals surface area (Å²) < 4.78 is 3.92. The molecule has 0 bridgehead atoms. The molecule has 1 aliphatic rings. The van der Waals surface area contributed by atoms with Gasteiger partial charge in [-0.1, -0.05) is 0 Å². The van der Waals surface area contributed by atoms with E-state index in [1.165, 1.54) is 0 Å². The second kappa shape index (κ2) is 2.00. The molecule has 48 valence electrons. The fourth-order valence-corrected chi connectivity index (χ4v) is 0.591. The molecule has 1 fully saturated rings. The van der Waals surface area contributed by atoms with Crippen molar-refractivity contribution < 1.29 is 14.3 Å². The minimum Gasteiger partial charge on any atom is -0.541 e. The first kappa shape index (κ1) is 6.57. The number of hydrogen-bond donors (Lipinski definition) is 1. The highest BCUT2D eigenvalue weighted by Crippen LogP contribution is 2.38. The summed E-state index contributed by atoms with van der Waals surface area (Å²) in [6.07, 6.45) is 1.19. The summed E-state index contributed by atoms with van der Waals surface area (Å²) in [5.41, 5.74) is -0.908. The number of rotatable bonds is 2. The molecule has 1 saturated carbocycles. The van der Waals surface area contributed by atoms with Crippen LogP contribution in [-0.4, -0.2) is 19.6 Å². The van der Waals surface area contributed by atoms with Crippen LogP contribution in [0.1, 0.15) is 12.8 Å². The Balaban J connectivity index is 2.49. The highest BCUT2D eigenvalue weighted by Gasteiger charge is 2.52. The Morgan fingerprint density at radius 1 is 1.67 bits per heavy atom. The second-order valence-electron chi connectivity index (χ2n) is 2.02. The lowest BCUT2D eigenvalue weighted by molar-refractivity contribution is -0.150. The molecule has 5 heteroatoms. The van der Waals surface area contributed by atoms with Gasteiger partial charge in [0.2, 0.25) is 0 Å². The van der Waals surface area contributed by atoms with Crippen LogP contribution in [0.3, 0.4) is 0 Å². The maximum absolute atomic E-state index is 10.6. The van der Waals surface area contributed by atoms with Gasteiger partial charge in [0.1, 0.15) is 0 Å². The summed E-state index contributed by atoms with van der Waals surface area (Å²) >= 11 is 0. The number of hydrogen-bond acceptors (Lipinski definition) is 4. The second-order valence-corrected chi connectivity index (χ2v) is 2.02. The Morgan fingerprint density at radius 3 is 2.33 bits per heavy atom. The topological polar surface area (TPSA) is 61.5 Å². The average Bonchev–Trinajstić information content (AvgIpc) is 2.66. The summed E-state index contributed by atoms with van der Waals surface area (Å²) in [6.45, 7) is 0. The third-order valence-electron chi connectivity index (χ3n) is 1.41. The zero-order valence-electron chi connectivity index (χ0n) is 4.79. The Hall–Kier alpha value is -0.545. The van der Waals surface area contributed by atoms with Gasteiger partial charge in [-0.25, -0.2) is 5.90 Å². The molecule has 0 aromatic carbocycles. The molecule has 9 heavy (non-hydrogen) atoms. The van der Waals surface area contributed by atoms with Crippen molar-refractivity contribution >= 4 is 14.0 Å². The lowest BCUT2D eigenvalue weighted by atomic mass is 10.3. The smallest absolute Gasteiger partial charge is 0.378 e. The van der Waals surface area contributed by atoms with E-state index in [-0.39, 0.29) is 0 Å². The third kappa shape index (κ3) is 0.929. The molecule has 0 spiro atoms. The molecule has 4 nitrogen and oxygen atoms in total. The average molecular weight is 127 g/mol. The molecular weight excluding hydrogens is 121 g/mol. The van der Waals surface area contributed by atoms with E-state index in [4.69, 9.17) is 5.90 Å². The molecule has 0 heterocycles. The fourth-order valence-electron chi connectivity index (χ4n) is 0.591. The fraction of sp³-hybridized carbons (Fsp3) is 0.750. The van der Waals surface area contributed by atoms with Crippen LogP contribution in [0.15, 0.2) is 0 Å². The highest BCUT2D eigenvalue weighted by atomic mass is 16.7. The summed E-state index contributed by atoms with van der Waals surface area (Å²) in [5.74, 6) is 4.20. The van der Waals surface area contributed by atoms with Crippen LogP contribution < -0.4 is 5.90 Å². The van der Waals surface area contributed by atoms with Gasteiger partial charge in [0.15, 0.2) is 5.60 Å². The Kier molecular flexibility index (Phi) is 1.46. The van der Waals surface area contributed by atoms with Crippen LogP contribution >= 0.6 is 0 Å². The first-order valence-electron chi connectivity index (χ1n) is 2.54. The van der Waals surface area contributed by atoms with Crippen molar-refractivity contribution in [1.82, 2.24) is 0 Å². The van der Waals surface area contributed by atoms with E-state index >= 15 is 0 Å². The molecule has 0 aromatic rings. The van der Waals surface area contributed by atoms with Crippen molar-refractivity contribution in [3.8, 4) is 0 Å². The molecule has 1 rings (SSSR count). The summed E-state index contributed by atoms with van der Waals surface area (Å²) in [6, 6.07) is 0. The maximum atomic E-state index is 10.6. The van der Waals surface area contributed by atoms with Crippen molar-refractivity contribution in [3.05, 3.63) is 0 Å². The largest absolute Gasteiger partial charge is 0.541 e. The summed E-state index contributed by atoms with van der Waals surface area (Å²) in [5, 5.41) is 0. The van der Waals surface area contributed by atoms with Gasteiger partial charge in [0.05, 0.1) is 0 Å². The Labute approximate surface area is 53.7 Å². The van der Waals surface area contributed by atoms with E-state index in [1.54, 1.807) is 0 Å². The van der Waals surface area contributed by atoms with Crippen LogP contribution in [0.4, 0.5) is 0 Å². The number of carbonyl (C=O) groups excluding carboxylic acids is 1. The molecule has 0 unspecified atom stereocenters. The molecule has 2 N–H and O–H groups in total. The molecule has 2 radical (unpaired) electrons. The van der Waals surface area contributed by atoms with Crippen LogP contribution in [0.5, 0.6) is 0 Å². The van der Waals surface area contributed by atoms with Gasteiger partial charge in [-0.3, -0.25) is 9.63 Å². The maximum Gasteiger partial charge on any atom is 0.378 e. The first-order chi connectivity index (χ1) is 4.25. The molecule has 1 aliphatic carbocycles. The third-order valence-corrected chi connectivity index (χ3v) is 1.41. The Morgan fingerprint density at radius 2 is 2.22 bits per heavy atom. The minimum absolute atomic E-state index is 0.593. The molecular formula is C4H6BNO3. The standard InChI is InChI=1S/C4H6BNO3/c5-8-3(7)4(9-6)1-2-4/h1-2,6H2. The zero-order valence-corrected chi connectivity index (χ0v) is 4.79. The Bertz CT molecular complexity index is 134. The normalized spacial score (nSPS) is 21.0. The monoisotopic (exact) mass is 127 g/mol.